The number of sulfonamides is 1. The number of nitrogens with zero attached hydrogens (tertiary/aromatic N) is 1. The third kappa shape index (κ3) is 4.26. The van der Waals surface area contributed by atoms with E-state index in [1.165, 1.54) is 5.56 Å². The maximum absolute atomic E-state index is 13.1. The van der Waals surface area contributed by atoms with Gasteiger partial charge in [0.1, 0.15) is 0 Å². The minimum Gasteiger partial charge on any atom is -0.325 e. The molecule has 0 saturated carbocycles. The van der Waals surface area contributed by atoms with Crippen molar-refractivity contribution in [3.8, 4) is 0 Å². The quantitative estimate of drug-likeness (QED) is 0.824. The van der Waals surface area contributed by atoms with E-state index in [9.17, 15) is 13.2 Å². The van der Waals surface area contributed by atoms with Gasteiger partial charge in [-0.15, -0.1) is 11.8 Å². The largest absolute Gasteiger partial charge is 0.325 e. The third-order valence-corrected chi connectivity index (χ3v) is 8.36. The first-order valence-electron chi connectivity index (χ1n) is 9.63. The van der Waals surface area contributed by atoms with E-state index in [2.05, 4.69) is 17.4 Å². The summed E-state index contributed by atoms with van der Waals surface area (Å²) < 4.78 is 27.8. The number of piperidine rings is 1. The molecule has 5 nitrogen and oxygen atoms in total. The van der Waals surface area contributed by atoms with Crippen LogP contribution in [0.25, 0.3) is 0 Å². The molecule has 0 spiro atoms. The Labute approximate surface area is 170 Å². The molecule has 2 aliphatic heterocycles. The summed E-state index contributed by atoms with van der Waals surface area (Å²) >= 11 is 1.58. The van der Waals surface area contributed by atoms with Crippen molar-refractivity contribution >= 4 is 33.4 Å². The second kappa shape index (κ2) is 8.27. The van der Waals surface area contributed by atoms with E-state index in [1.54, 1.807) is 34.3 Å². The van der Waals surface area contributed by atoms with Gasteiger partial charge in [0.25, 0.3) is 0 Å². The van der Waals surface area contributed by atoms with Crippen LogP contribution in [-0.4, -0.2) is 37.5 Å². The zero-order chi connectivity index (χ0) is 19.6. The van der Waals surface area contributed by atoms with Crippen molar-refractivity contribution in [3.05, 3.63) is 54.1 Å². The molecule has 148 valence electrons. The van der Waals surface area contributed by atoms with Gasteiger partial charge in [-0.1, -0.05) is 30.3 Å². The number of carbonyl (C=O) groups is 1. The van der Waals surface area contributed by atoms with Gasteiger partial charge in [-0.3, -0.25) is 4.79 Å². The van der Waals surface area contributed by atoms with E-state index < -0.39 is 10.0 Å². The van der Waals surface area contributed by atoms with Gasteiger partial charge in [-0.2, -0.15) is 4.31 Å². The Hall–Kier alpha value is -1.83. The molecule has 1 saturated heterocycles. The minimum atomic E-state index is -3.55. The van der Waals surface area contributed by atoms with Crippen molar-refractivity contribution in [2.24, 2.45) is 5.92 Å². The Balaban J connectivity index is 1.45. The minimum absolute atomic E-state index is 0.0671. The van der Waals surface area contributed by atoms with Crippen LogP contribution in [0, 0.1) is 5.92 Å². The standard InChI is InChI=1S/C21H24N2O3S2/c24-21-10-13-27-20-7-6-18(15-19(20)22-21)28(25,26)23-11-8-17(9-12-23)14-16-4-2-1-3-5-16/h1-7,15,17H,8-14H2,(H,22,24). The van der Waals surface area contributed by atoms with E-state index in [0.717, 1.165) is 24.2 Å². The average molecular weight is 417 g/mol. The van der Waals surface area contributed by atoms with E-state index in [-0.39, 0.29) is 10.8 Å². The summed E-state index contributed by atoms with van der Waals surface area (Å²) in [5.74, 6) is 1.15. The Morgan fingerprint density at radius 2 is 1.82 bits per heavy atom. The molecule has 4 rings (SSSR count). The molecule has 0 aromatic heterocycles. The van der Waals surface area contributed by atoms with Gasteiger partial charge in [0, 0.05) is 30.2 Å². The third-order valence-electron chi connectivity index (χ3n) is 5.39. The highest BCUT2D eigenvalue weighted by atomic mass is 32.2. The van der Waals surface area contributed by atoms with Gasteiger partial charge < -0.3 is 5.32 Å². The molecule has 0 aliphatic carbocycles. The highest BCUT2D eigenvalue weighted by Gasteiger charge is 2.30. The van der Waals surface area contributed by atoms with Gasteiger partial charge >= 0.3 is 0 Å². The molecule has 28 heavy (non-hydrogen) atoms. The second-order valence-corrected chi connectivity index (χ2v) is 10.4. The summed E-state index contributed by atoms with van der Waals surface area (Å²) in [6.07, 6.45) is 3.17. The molecular formula is C21H24N2O3S2. The maximum Gasteiger partial charge on any atom is 0.243 e. The molecule has 2 aromatic carbocycles. The molecular weight excluding hydrogens is 392 g/mol. The monoisotopic (exact) mass is 416 g/mol. The van der Waals surface area contributed by atoms with Crippen LogP contribution in [0.4, 0.5) is 5.69 Å². The molecule has 2 aromatic rings. The van der Waals surface area contributed by atoms with E-state index in [1.807, 2.05) is 18.2 Å². The predicted molar refractivity (Wildman–Crippen MR) is 112 cm³/mol. The number of nitrogens with one attached hydrogen (secondary N) is 1. The normalized spacial score (nSPS) is 18.9. The van der Waals surface area contributed by atoms with Crippen LogP contribution in [-0.2, 0) is 21.2 Å². The SMILES string of the molecule is O=C1CCSc2ccc(S(=O)(=O)N3CCC(Cc4ccccc4)CC3)cc2N1. The molecule has 0 unspecified atom stereocenters. The molecule has 2 heterocycles. The highest BCUT2D eigenvalue weighted by Crippen LogP contribution is 2.34. The summed E-state index contributed by atoms with van der Waals surface area (Å²) in [5, 5.41) is 2.83. The number of fused-ring (bicyclic) bond motifs is 1. The fourth-order valence-electron chi connectivity index (χ4n) is 3.81. The van der Waals surface area contributed by atoms with Gasteiger partial charge in [-0.05, 0) is 48.9 Å². The molecule has 1 N–H and O–H groups in total. The Morgan fingerprint density at radius 1 is 1.07 bits per heavy atom. The predicted octanol–water partition coefficient (Wildman–Crippen LogP) is 3.76. The Morgan fingerprint density at radius 3 is 2.57 bits per heavy atom. The molecule has 2 aliphatic rings. The lowest BCUT2D eigenvalue weighted by molar-refractivity contribution is -0.115. The first kappa shape index (κ1) is 19.5. The van der Waals surface area contributed by atoms with Crippen molar-refractivity contribution in [1.29, 1.82) is 0 Å². The van der Waals surface area contributed by atoms with Crippen LogP contribution < -0.4 is 5.32 Å². The zero-order valence-corrected chi connectivity index (χ0v) is 17.3. The molecule has 0 radical (unpaired) electrons. The van der Waals surface area contributed by atoms with Crippen LogP contribution >= 0.6 is 11.8 Å². The van der Waals surface area contributed by atoms with Gasteiger partial charge in [0.05, 0.1) is 10.6 Å². The van der Waals surface area contributed by atoms with Crippen LogP contribution in [0.3, 0.4) is 0 Å². The smallest absolute Gasteiger partial charge is 0.243 e. The lowest BCUT2D eigenvalue weighted by Gasteiger charge is -2.31. The highest BCUT2D eigenvalue weighted by molar-refractivity contribution is 7.99. The molecule has 0 atom stereocenters. The number of amides is 1. The van der Waals surface area contributed by atoms with Crippen molar-refractivity contribution in [3.63, 3.8) is 0 Å². The number of thioether (sulfide) groups is 1. The van der Waals surface area contributed by atoms with Crippen LogP contribution in [0.5, 0.6) is 0 Å². The van der Waals surface area contributed by atoms with E-state index in [0.29, 0.717) is 36.9 Å². The number of anilines is 1. The number of carbonyl (C=O) groups excluding carboxylic acids is 1. The lowest BCUT2D eigenvalue weighted by Crippen LogP contribution is -2.38. The maximum atomic E-state index is 13.1. The van der Waals surface area contributed by atoms with Crippen LogP contribution in [0.2, 0.25) is 0 Å². The summed E-state index contributed by atoms with van der Waals surface area (Å²) in [7, 11) is -3.55. The second-order valence-electron chi connectivity index (χ2n) is 7.34. The summed E-state index contributed by atoms with van der Waals surface area (Å²) in [6.45, 7) is 1.08. The summed E-state index contributed by atoms with van der Waals surface area (Å²) in [6, 6.07) is 15.4. The van der Waals surface area contributed by atoms with E-state index in [4.69, 9.17) is 0 Å². The van der Waals surface area contributed by atoms with Crippen molar-refractivity contribution in [2.45, 2.75) is 35.5 Å². The van der Waals surface area contributed by atoms with Crippen LogP contribution in [0.1, 0.15) is 24.8 Å². The average Bonchev–Trinajstić information content (AvgIpc) is 2.89. The molecule has 0 bridgehead atoms. The van der Waals surface area contributed by atoms with Crippen molar-refractivity contribution < 1.29 is 13.2 Å². The number of benzene rings is 2. The lowest BCUT2D eigenvalue weighted by atomic mass is 9.91. The summed E-state index contributed by atoms with van der Waals surface area (Å²) in [5.41, 5.74) is 1.91. The number of hydrogen-bond donors (Lipinski definition) is 1. The fourth-order valence-corrected chi connectivity index (χ4v) is 6.24. The Kier molecular flexibility index (Phi) is 5.75. The topological polar surface area (TPSA) is 66.5 Å². The molecule has 1 fully saturated rings. The van der Waals surface area contributed by atoms with Gasteiger partial charge in [-0.25, -0.2) is 8.42 Å². The number of rotatable bonds is 4. The molecule has 7 heteroatoms. The first-order chi connectivity index (χ1) is 13.5. The molecule has 1 amide bonds. The fraction of sp³-hybridized carbons (Fsp3) is 0.381. The van der Waals surface area contributed by atoms with E-state index >= 15 is 0 Å². The number of hydrogen-bond acceptors (Lipinski definition) is 4. The van der Waals surface area contributed by atoms with Gasteiger partial charge in [0.15, 0.2) is 0 Å². The van der Waals surface area contributed by atoms with Gasteiger partial charge in [0.2, 0.25) is 15.9 Å². The first-order valence-corrected chi connectivity index (χ1v) is 12.1. The van der Waals surface area contributed by atoms with Crippen molar-refractivity contribution in [1.82, 2.24) is 4.31 Å². The Bertz CT molecular complexity index is 953. The van der Waals surface area contributed by atoms with Crippen LogP contribution in [0.15, 0.2) is 58.3 Å². The van der Waals surface area contributed by atoms with Crippen molar-refractivity contribution in [2.75, 3.05) is 24.2 Å². The zero-order valence-electron chi connectivity index (χ0n) is 15.6. The summed E-state index contributed by atoms with van der Waals surface area (Å²) in [4.78, 5) is 13.0.